The highest BCUT2D eigenvalue weighted by Crippen LogP contribution is 2.55. The standard InChI is InChI=1S/C12H24O/c1-8(2)10-7-9(3)12(6,13)11(10,4)5/h8-10,13H,7H2,1-6H3. The van der Waals surface area contributed by atoms with Crippen LogP contribution < -0.4 is 0 Å². The lowest BCUT2D eigenvalue weighted by atomic mass is 9.69. The quantitative estimate of drug-likeness (QED) is 0.664. The molecule has 3 atom stereocenters. The summed E-state index contributed by atoms with van der Waals surface area (Å²) in [6.45, 7) is 13.1. The van der Waals surface area contributed by atoms with Crippen molar-refractivity contribution < 1.29 is 5.11 Å². The van der Waals surface area contributed by atoms with E-state index in [1.165, 1.54) is 0 Å². The Bertz CT molecular complexity index is 191. The average molecular weight is 184 g/mol. The maximum atomic E-state index is 10.4. The van der Waals surface area contributed by atoms with E-state index < -0.39 is 5.60 Å². The summed E-state index contributed by atoms with van der Waals surface area (Å²) >= 11 is 0. The van der Waals surface area contributed by atoms with Gasteiger partial charge < -0.3 is 5.11 Å². The summed E-state index contributed by atoms with van der Waals surface area (Å²) in [6, 6.07) is 0. The molecule has 1 heteroatoms. The van der Waals surface area contributed by atoms with E-state index in [1.54, 1.807) is 0 Å². The first-order valence-electron chi connectivity index (χ1n) is 5.43. The summed E-state index contributed by atoms with van der Waals surface area (Å²) in [5.74, 6) is 1.75. The van der Waals surface area contributed by atoms with Crippen LogP contribution in [0.3, 0.4) is 0 Å². The Morgan fingerprint density at radius 1 is 1.23 bits per heavy atom. The molecule has 1 saturated carbocycles. The third kappa shape index (κ3) is 1.41. The Morgan fingerprint density at radius 2 is 1.69 bits per heavy atom. The van der Waals surface area contributed by atoms with E-state index in [9.17, 15) is 5.11 Å². The van der Waals surface area contributed by atoms with Gasteiger partial charge in [-0.25, -0.2) is 0 Å². The molecule has 1 aliphatic carbocycles. The minimum absolute atomic E-state index is 0.0561. The van der Waals surface area contributed by atoms with Gasteiger partial charge in [-0.15, -0.1) is 0 Å². The van der Waals surface area contributed by atoms with E-state index in [0.29, 0.717) is 17.8 Å². The minimum atomic E-state index is -0.498. The smallest absolute Gasteiger partial charge is 0.0698 e. The van der Waals surface area contributed by atoms with Gasteiger partial charge in [0.15, 0.2) is 0 Å². The molecule has 1 aliphatic rings. The molecule has 0 radical (unpaired) electrons. The van der Waals surface area contributed by atoms with E-state index in [1.807, 2.05) is 6.92 Å². The Morgan fingerprint density at radius 3 is 1.85 bits per heavy atom. The molecule has 1 rings (SSSR count). The molecule has 0 saturated heterocycles. The van der Waals surface area contributed by atoms with Crippen LogP contribution in [0.25, 0.3) is 0 Å². The van der Waals surface area contributed by atoms with Crippen molar-refractivity contribution in [3.8, 4) is 0 Å². The van der Waals surface area contributed by atoms with Crippen LogP contribution in [-0.2, 0) is 0 Å². The maximum Gasteiger partial charge on any atom is 0.0698 e. The van der Waals surface area contributed by atoms with Crippen molar-refractivity contribution in [2.75, 3.05) is 0 Å². The van der Waals surface area contributed by atoms with E-state index in [4.69, 9.17) is 0 Å². The van der Waals surface area contributed by atoms with Crippen molar-refractivity contribution in [1.82, 2.24) is 0 Å². The Kier molecular flexibility index (Phi) is 2.53. The maximum absolute atomic E-state index is 10.4. The van der Waals surface area contributed by atoms with E-state index in [-0.39, 0.29) is 5.41 Å². The normalized spacial score (nSPS) is 44.3. The molecule has 1 nitrogen and oxygen atoms in total. The monoisotopic (exact) mass is 184 g/mol. The van der Waals surface area contributed by atoms with Gasteiger partial charge >= 0.3 is 0 Å². The molecule has 0 spiro atoms. The summed E-state index contributed by atoms with van der Waals surface area (Å²) in [6.07, 6.45) is 1.16. The molecule has 0 aliphatic heterocycles. The Hall–Kier alpha value is -0.0400. The van der Waals surface area contributed by atoms with Gasteiger partial charge in [-0.1, -0.05) is 34.6 Å². The second kappa shape index (κ2) is 2.98. The number of aliphatic hydroxyl groups is 1. The molecule has 0 aromatic heterocycles. The van der Waals surface area contributed by atoms with Crippen LogP contribution in [0.2, 0.25) is 0 Å². The first kappa shape index (κ1) is 11.0. The summed E-state index contributed by atoms with van der Waals surface area (Å²) in [4.78, 5) is 0. The van der Waals surface area contributed by atoms with Crippen LogP contribution in [0.15, 0.2) is 0 Å². The lowest BCUT2D eigenvalue weighted by Gasteiger charge is -2.40. The molecule has 0 heterocycles. The zero-order chi connectivity index (χ0) is 10.4. The van der Waals surface area contributed by atoms with Crippen molar-refractivity contribution in [2.45, 2.75) is 53.6 Å². The Labute approximate surface area is 82.5 Å². The predicted octanol–water partition coefficient (Wildman–Crippen LogP) is 3.08. The molecule has 3 unspecified atom stereocenters. The van der Waals surface area contributed by atoms with Crippen LogP contribution >= 0.6 is 0 Å². The predicted molar refractivity (Wildman–Crippen MR) is 56.5 cm³/mol. The first-order chi connectivity index (χ1) is 5.71. The average Bonchev–Trinajstić information content (AvgIpc) is 2.10. The van der Waals surface area contributed by atoms with Gasteiger partial charge in [0, 0.05) is 0 Å². The molecular weight excluding hydrogens is 160 g/mol. The highest BCUT2D eigenvalue weighted by atomic mass is 16.3. The lowest BCUT2D eigenvalue weighted by molar-refractivity contribution is -0.0715. The Balaban J connectivity index is 2.97. The van der Waals surface area contributed by atoms with Crippen LogP contribution in [-0.4, -0.2) is 10.7 Å². The van der Waals surface area contributed by atoms with Gasteiger partial charge in [-0.3, -0.25) is 0 Å². The summed E-state index contributed by atoms with van der Waals surface area (Å²) in [5.41, 5.74) is -0.442. The molecule has 78 valence electrons. The van der Waals surface area contributed by atoms with Gasteiger partial charge in [0.05, 0.1) is 5.60 Å². The number of rotatable bonds is 1. The van der Waals surface area contributed by atoms with Gasteiger partial charge in [0.2, 0.25) is 0 Å². The zero-order valence-corrected chi connectivity index (χ0v) is 9.89. The van der Waals surface area contributed by atoms with E-state index in [2.05, 4.69) is 34.6 Å². The minimum Gasteiger partial charge on any atom is -0.389 e. The first-order valence-corrected chi connectivity index (χ1v) is 5.43. The summed E-state index contributed by atoms with van der Waals surface area (Å²) < 4.78 is 0. The number of hydrogen-bond acceptors (Lipinski definition) is 1. The van der Waals surface area contributed by atoms with Crippen molar-refractivity contribution in [3.63, 3.8) is 0 Å². The summed E-state index contributed by atoms with van der Waals surface area (Å²) in [5, 5.41) is 10.4. The van der Waals surface area contributed by atoms with Gasteiger partial charge in [0.25, 0.3) is 0 Å². The molecular formula is C12H24O. The highest BCUT2D eigenvalue weighted by molar-refractivity contribution is 5.04. The van der Waals surface area contributed by atoms with E-state index in [0.717, 1.165) is 6.42 Å². The fourth-order valence-electron chi connectivity index (χ4n) is 3.02. The third-order valence-electron chi connectivity index (χ3n) is 4.60. The largest absolute Gasteiger partial charge is 0.389 e. The van der Waals surface area contributed by atoms with Crippen molar-refractivity contribution >= 4 is 0 Å². The molecule has 0 bridgehead atoms. The SMILES string of the molecule is CC(C)C1CC(C)C(C)(O)C1(C)C. The molecule has 1 fully saturated rings. The van der Waals surface area contributed by atoms with Gasteiger partial charge in [-0.2, -0.15) is 0 Å². The fraction of sp³-hybridized carbons (Fsp3) is 1.00. The van der Waals surface area contributed by atoms with E-state index >= 15 is 0 Å². The van der Waals surface area contributed by atoms with Gasteiger partial charge in [0.1, 0.15) is 0 Å². The topological polar surface area (TPSA) is 20.2 Å². The number of hydrogen-bond donors (Lipinski definition) is 1. The van der Waals surface area contributed by atoms with Crippen molar-refractivity contribution in [3.05, 3.63) is 0 Å². The van der Waals surface area contributed by atoms with Crippen LogP contribution in [0.5, 0.6) is 0 Å². The second-order valence-electron chi connectivity index (χ2n) is 5.86. The van der Waals surface area contributed by atoms with Crippen LogP contribution in [0.4, 0.5) is 0 Å². The lowest BCUT2D eigenvalue weighted by Crippen LogP contribution is -2.44. The molecule has 13 heavy (non-hydrogen) atoms. The molecule has 1 N–H and O–H groups in total. The van der Waals surface area contributed by atoms with Crippen LogP contribution in [0, 0.1) is 23.2 Å². The molecule has 0 aromatic carbocycles. The fourth-order valence-corrected chi connectivity index (χ4v) is 3.02. The second-order valence-corrected chi connectivity index (χ2v) is 5.86. The highest BCUT2D eigenvalue weighted by Gasteiger charge is 2.55. The van der Waals surface area contributed by atoms with Crippen molar-refractivity contribution in [2.24, 2.45) is 23.2 Å². The molecule has 0 aromatic rings. The zero-order valence-electron chi connectivity index (χ0n) is 9.89. The van der Waals surface area contributed by atoms with Crippen molar-refractivity contribution in [1.29, 1.82) is 0 Å². The van der Waals surface area contributed by atoms with Crippen LogP contribution in [0.1, 0.15) is 48.0 Å². The third-order valence-corrected chi connectivity index (χ3v) is 4.60. The molecule has 0 amide bonds. The van der Waals surface area contributed by atoms with Gasteiger partial charge in [-0.05, 0) is 36.5 Å². The summed E-state index contributed by atoms with van der Waals surface area (Å²) in [7, 11) is 0.